The molecule has 1 saturated carbocycles. The summed E-state index contributed by atoms with van der Waals surface area (Å²) in [7, 11) is 1.73. The number of ether oxygens (including phenoxy) is 2. The van der Waals surface area contributed by atoms with E-state index in [9.17, 15) is 0 Å². The van der Waals surface area contributed by atoms with Gasteiger partial charge in [-0.3, -0.25) is 0 Å². The standard InChI is InChI=1S/C16H23NO2/c1-3-19-14-8-12(9-14)17-16-7-5-11-4-6-13(18-2)10-15(11)16/h4,6,10,12,14,16-17H,3,5,7-9H2,1-2H3. The highest BCUT2D eigenvalue weighted by Crippen LogP contribution is 2.36. The van der Waals surface area contributed by atoms with Gasteiger partial charge in [0.1, 0.15) is 5.75 Å². The first-order chi connectivity index (χ1) is 9.30. The highest BCUT2D eigenvalue weighted by atomic mass is 16.5. The summed E-state index contributed by atoms with van der Waals surface area (Å²) in [6.07, 6.45) is 5.18. The van der Waals surface area contributed by atoms with Gasteiger partial charge in [-0.2, -0.15) is 0 Å². The first kappa shape index (κ1) is 12.9. The monoisotopic (exact) mass is 261 g/mol. The maximum Gasteiger partial charge on any atom is 0.119 e. The molecular formula is C16H23NO2. The van der Waals surface area contributed by atoms with E-state index < -0.39 is 0 Å². The minimum atomic E-state index is 0.480. The van der Waals surface area contributed by atoms with E-state index in [4.69, 9.17) is 9.47 Å². The number of rotatable bonds is 5. The van der Waals surface area contributed by atoms with Crippen LogP contribution in [0.3, 0.4) is 0 Å². The van der Waals surface area contributed by atoms with Gasteiger partial charge in [0.2, 0.25) is 0 Å². The van der Waals surface area contributed by atoms with Crippen molar-refractivity contribution in [3.63, 3.8) is 0 Å². The summed E-state index contributed by atoms with van der Waals surface area (Å²) >= 11 is 0. The summed E-state index contributed by atoms with van der Waals surface area (Å²) in [5, 5.41) is 3.78. The van der Waals surface area contributed by atoms with Gasteiger partial charge < -0.3 is 14.8 Å². The zero-order chi connectivity index (χ0) is 13.2. The Labute approximate surface area is 115 Å². The molecular weight excluding hydrogens is 238 g/mol. The Balaban J connectivity index is 1.60. The van der Waals surface area contributed by atoms with Crippen LogP contribution >= 0.6 is 0 Å². The summed E-state index contributed by atoms with van der Waals surface area (Å²) < 4.78 is 11.0. The number of aryl methyl sites for hydroxylation is 1. The molecule has 2 aliphatic rings. The molecule has 1 aromatic carbocycles. The molecule has 19 heavy (non-hydrogen) atoms. The van der Waals surface area contributed by atoms with Gasteiger partial charge in [-0.25, -0.2) is 0 Å². The van der Waals surface area contributed by atoms with Crippen LogP contribution in [-0.2, 0) is 11.2 Å². The van der Waals surface area contributed by atoms with E-state index in [1.807, 2.05) is 0 Å². The fraction of sp³-hybridized carbons (Fsp3) is 0.625. The predicted octanol–water partition coefficient (Wildman–Crippen LogP) is 2.84. The van der Waals surface area contributed by atoms with Crippen molar-refractivity contribution in [1.29, 1.82) is 0 Å². The Morgan fingerprint density at radius 1 is 1.32 bits per heavy atom. The topological polar surface area (TPSA) is 30.5 Å². The van der Waals surface area contributed by atoms with Crippen molar-refractivity contribution in [2.45, 2.75) is 50.8 Å². The number of methoxy groups -OCH3 is 1. The zero-order valence-electron chi connectivity index (χ0n) is 11.8. The van der Waals surface area contributed by atoms with Crippen LogP contribution in [-0.4, -0.2) is 25.9 Å². The minimum absolute atomic E-state index is 0.480. The molecule has 0 bridgehead atoms. The Morgan fingerprint density at radius 3 is 2.89 bits per heavy atom. The Hall–Kier alpha value is -1.06. The van der Waals surface area contributed by atoms with Crippen molar-refractivity contribution in [1.82, 2.24) is 5.32 Å². The Morgan fingerprint density at radius 2 is 2.16 bits per heavy atom. The second kappa shape index (κ2) is 5.51. The average Bonchev–Trinajstić information content (AvgIpc) is 2.78. The molecule has 0 amide bonds. The number of nitrogens with one attached hydrogen (secondary N) is 1. The molecule has 1 atom stereocenters. The van der Waals surface area contributed by atoms with Gasteiger partial charge in [-0.15, -0.1) is 0 Å². The molecule has 3 heteroatoms. The van der Waals surface area contributed by atoms with E-state index in [2.05, 4.69) is 30.4 Å². The molecule has 104 valence electrons. The smallest absolute Gasteiger partial charge is 0.119 e. The van der Waals surface area contributed by atoms with Crippen molar-refractivity contribution in [2.24, 2.45) is 0 Å². The molecule has 3 nitrogen and oxygen atoms in total. The third-order valence-corrected chi connectivity index (χ3v) is 4.36. The maximum absolute atomic E-state index is 5.62. The van der Waals surface area contributed by atoms with Crippen LogP contribution in [0.2, 0.25) is 0 Å². The van der Waals surface area contributed by atoms with Crippen LogP contribution in [0.15, 0.2) is 18.2 Å². The summed E-state index contributed by atoms with van der Waals surface area (Å²) in [6.45, 7) is 2.90. The van der Waals surface area contributed by atoms with E-state index in [1.54, 1.807) is 7.11 Å². The predicted molar refractivity (Wildman–Crippen MR) is 75.6 cm³/mol. The van der Waals surface area contributed by atoms with Gasteiger partial charge in [-0.1, -0.05) is 6.07 Å². The molecule has 2 aliphatic carbocycles. The Kier molecular flexibility index (Phi) is 3.76. The van der Waals surface area contributed by atoms with Gasteiger partial charge in [0.05, 0.1) is 13.2 Å². The molecule has 3 rings (SSSR count). The minimum Gasteiger partial charge on any atom is -0.497 e. The van der Waals surface area contributed by atoms with Crippen LogP contribution in [0.25, 0.3) is 0 Å². The largest absolute Gasteiger partial charge is 0.497 e. The van der Waals surface area contributed by atoms with Crippen LogP contribution in [0, 0.1) is 0 Å². The summed E-state index contributed by atoms with van der Waals surface area (Å²) in [5.41, 5.74) is 2.90. The van der Waals surface area contributed by atoms with Crippen molar-refractivity contribution in [3.05, 3.63) is 29.3 Å². The molecule has 0 radical (unpaired) electrons. The second-order valence-electron chi connectivity index (χ2n) is 5.57. The molecule has 0 saturated heterocycles. The molecule has 1 fully saturated rings. The van der Waals surface area contributed by atoms with Crippen LogP contribution in [0.5, 0.6) is 5.75 Å². The van der Waals surface area contributed by atoms with E-state index in [-0.39, 0.29) is 0 Å². The molecule has 0 aromatic heterocycles. The lowest BCUT2D eigenvalue weighted by Gasteiger charge is -2.37. The number of fused-ring (bicyclic) bond motifs is 1. The number of hydrogen-bond donors (Lipinski definition) is 1. The fourth-order valence-electron chi connectivity index (χ4n) is 3.24. The molecule has 1 unspecified atom stereocenters. The average molecular weight is 261 g/mol. The number of benzene rings is 1. The van der Waals surface area contributed by atoms with Crippen LogP contribution in [0.1, 0.15) is 43.4 Å². The maximum atomic E-state index is 5.62. The van der Waals surface area contributed by atoms with Crippen LogP contribution < -0.4 is 10.1 Å². The van der Waals surface area contributed by atoms with Crippen molar-refractivity contribution >= 4 is 0 Å². The quantitative estimate of drug-likeness (QED) is 0.884. The number of hydrogen-bond acceptors (Lipinski definition) is 3. The zero-order valence-corrected chi connectivity index (χ0v) is 11.8. The lowest BCUT2D eigenvalue weighted by Crippen LogP contribution is -2.46. The summed E-state index contributed by atoms with van der Waals surface area (Å²) in [4.78, 5) is 0. The third-order valence-electron chi connectivity index (χ3n) is 4.36. The molecule has 0 heterocycles. The fourth-order valence-corrected chi connectivity index (χ4v) is 3.24. The van der Waals surface area contributed by atoms with Gasteiger partial charge in [0, 0.05) is 18.7 Å². The van der Waals surface area contributed by atoms with Gasteiger partial charge >= 0.3 is 0 Å². The lowest BCUT2D eigenvalue weighted by molar-refractivity contribution is -0.0124. The molecule has 1 aromatic rings. The van der Waals surface area contributed by atoms with E-state index in [0.717, 1.165) is 25.2 Å². The normalized spacial score (nSPS) is 28.8. The SMILES string of the molecule is CCOC1CC(NC2CCc3ccc(OC)cc32)C1. The first-order valence-electron chi connectivity index (χ1n) is 7.34. The molecule has 1 N–H and O–H groups in total. The summed E-state index contributed by atoms with van der Waals surface area (Å²) in [5.74, 6) is 0.966. The summed E-state index contributed by atoms with van der Waals surface area (Å²) in [6, 6.07) is 7.59. The lowest BCUT2D eigenvalue weighted by atomic mass is 9.88. The molecule has 0 spiro atoms. The van der Waals surface area contributed by atoms with Gasteiger partial charge in [-0.05, 0) is 55.9 Å². The van der Waals surface area contributed by atoms with Crippen LogP contribution in [0.4, 0.5) is 0 Å². The van der Waals surface area contributed by atoms with Crippen molar-refractivity contribution in [3.8, 4) is 5.75 Å². The highest BCUT2D eigenvalue weighted by molar-refractivity contribution is 5.40. The van der Waals surface area contributed by atoms with Crippen molar-refractivity contribution < 1.29 is 9.47 Å². The van der Waals surface area contributed by atoms with E-state index in [0.29, 0.717) is 18.2 Å². The van der Waals surface area contributed by atoms with Crippen molar-refractivity contribution in [2.75, 3.05) is 13.7 Å². The van der Waals surface area contributed by atoms with Gasteiger partial charge in [0.25, 0.3) is 0 Å². The second-order valence-corrected chi connectivity index (χ2v) is 5.57. The van der Waals surface area contributed by atoms with E-state index in [1.165, 1.54) is 24.0 Å². The van der Waals surface area contributed by atoms with Gasteiger partial charge in [0.15, 0.2) is 0 Å². The third kappa shape index (κ3) is 2.63. The Bertz CT molecular complexity index is 440. The van der Waals surface area contributed by atoms with E-state index >= 15 is 0 Å². The highest BCUT2D eigenvalue weighted by Gasteiger charge is 2.33. The first-order valence-corrected chi connectivity index (χ1v) is 7.34. The molecule has 0 aliphatic heterocycles.